The van der Waals surface area contributed by atoms with Gasteiger partial charge in [0, 0.05) is 0 Å². The van der Waals surface area contributed by atoms with Crippen molar-refractivity contribution in [1.29, 1.82) is 0 Å². The van der Waals surface area contributed by atoms with E-state index in [4.69, 9.17) is 21.1 Å². The summed E-state index contributed by atoms with van der Waals surface area (Å²) in [5.74, 6) is 1.94. The van der Waals surface area contributed by atoms with Gasteiger partial charge in [0.05, 0.1) is 12.4 Å². The molecule has 0 saturated heterocycles. The van der Waals surface area contributed by atoms with Gasteiger partial charge in [-0.1, -0.05) is 41.9 Å². The minimum atomic E-state index is 0.304. The van der Waals surface area contributed by atoms with Gasteiger partial charge in [-0.25, -0.2) is 0 Å². The van der Waals surface area contributed by atoms with Gasteiger partial charge in [0.2, 0.25) is 5.88 Å². The predicted molar refractivity (Wildman–Crippen MR) is 84.3 cm³/mol. The van der Waals surface area contributed by atoms with Gasteiger partial charge in [0.25, 0.3) is 0 Å². The highest BCUT2D eigenvalue weighted by molar-refractivity contribution is 6.29. The Balaban J connectivity index is 1.66. The van der Waals surface area contributed by atoms with Gasteiger partial charge in [0.15, 0.2) is 5.15 Å². The number of aromatic nitrogens is 2. The number of rotatable bonds is 5. The molecule has 3 rings (SSSR count). The molecule has 0 atom stereocenters. The largest absolute Gasteiger partial charge is 0.472 e. The molecule has 110 valence electrons. The standard InChI is InChI=1S/C17H13ClN2O2/c18-16-10-19-11-17(20-16)21-12-13-5-4-8-15(9-13)22-14-6-2-1-3-7-14/h1-11H,12H2. The van der Waals surface area contributed by atoms with Crippen LogP contribution in [-0.2, 0) is 6.61 Å². The van der Waals surface area contributed by atoms with Gasteiger partial charge < -0.3 is 9.47 Å². The molecule has 1 heterocycles. The minimum Gasteiger partial charge on any atom is -0.472 e. The maximum absolute atomic E-state index is 5.79. The lowest BCUT2D eigenvalue weighted by molar-refractivity contribution is 0.292. The molecular formula is C17H13ClN2O2. The van der Waals surface area contributed by atoms with Crippen LogP contribution in [0.15, 0.2) is 67.0 Å². The zero-order valence-electron chi connectivity index (χ0n) is 11.6. The Morgan fingerprint density at radius 1 is 0.909 bits per heavy atom. The molecule has 0 aliphatic heterocycles. The van der Waals surface area contributed by atoms with Gasteiger partial charge >= 0.3 is 0 Å². The molecule has 0 fully saturated rings. The average molecular weight is 313 g/mol. The second kappa shape index (κ2) is 6.91. The lowest BCUT2D eigenvalue weighted by atomic mass is 10.2. The first kappa shape index (κ1) is 14.4. The lowest BCUT2D eigenvalue weighted by Gasteiger charge is -2.08. The first-order valence-electron chi connectivity index (χ1n) is 6.72. The molecule has 2 aromatic carbocycles. The number of hydrogen-bond acceptors (Lipinski definition) is 4. The predicted octanol–water partition coefficient (Wildman–Crippen LogP) is 4.50. The third-order valence-corrected chi connectivity index (χ3v) is 3.03. The summed E-state index contributed by atoms with van der Waals surface area (Å²) in [5, 5.41) is 0.304. The summed E-state index contributed by atoms with van der Waals surface area (Å²) in [6.07, 6.45) is 2.99. The van der Waals surface area contributed by atoms with Gasteiger partial charge in [-0.15, -0.1) is 0 Å². The fourth-order valence-electron chi connectivity index (χ4n) is 1.88. The number of nitrogens with zero attached hydrogens (tertiary/aromatic N) is 2. The summed E-state index contributed by atoms with van der Waals surface area (Å²) in [6.45, 7) is 0.362. The average Bonchev–Trinajstić information content (AvgIpc) is 2.54. The van der Waals surface area contributed by atoms with E-state index in [2.05, 4.69) is 9.97 Å². The molecule has 0 spiro atoms. The van der Waals surface area contributed by atoms with Crippen LogP contribution in [-0.4, -0.2) is 9.97 Å². The molecule has 1 aromatic heterocycles. The van der Waals surface area contributed by atoms with E-state index in [1.54, 1.807) is 0 Å². The highest BCUT2D eigenvalue weighted by Crippen LogP contribution is 2.22. The maximum Gasteiger partial charge on any atom is 0.234 e. The zero-order chi connectivity index (χ0) is 15.2. The van der Waals surface area contributed by atoms with E-state index in [-0.39, 0.29) is 0 Å². The first-order chi connectivity index (χ1) is 10.8. The van der Waals surface area contributed by atoms with Crippen molar-refractivity contribution in [3.05, 3.63) is 77.7 Å². The van der Waals surface area contributed by atoms with Crippen molar-refractivity contribution in [1.82, 2.24) is 9.97 Å². The fourth-order valence-corrected chi connectivity index (χ4v) is 2.02. The summed E-state index contributed by atoms with van der Waals surface area (Å²) < 4.78 is 11.4. The summed E-state index contributed by atoms with van der Waals surface area (Å²) in [5.41, 5.74) is 0.968. The summed E-state index contributed by atoms with van der Waals surface area (Å²) in [7, 11) is 0. The molecule has 0 aliphatic carbocycles. The fraction of sp³-hybridized carbons (Fsp3) is 0.0588. The first-order valence-corrected chi connectivity index (χ1v) is 7.09. The van der Waals surface area contributed by atoms with Crippen molar-refractivity contribution in [2.75, 3.05) is 0 Å². The molecule has 0 N–H and O–H groups in total. The molecular weight excluding hydrogens is 300 g/mol. The topological polar surface area (TPSA) is 44.2 Å². The molecule has 0 aliphatic rings. The molecule has 0 bridgehead atoms. The van der Waals surface area contributed by atoms with Crippen LogP contribution in [0.4, 0.5) is 0 Å². The molecule has 0 amide bonds. The van der Waals surface area contributed by atoms with Gasteiger partial charge in [-0.05, 0) is 29.8 Å². The van der Waals surface area contributed by atoms with Crippen LogP contribution >= 0.6 is 11.6 Å². The molecule has 22 heavy (non-hydrogen) atoms. The monoisotopic (exact) mass is 312 g/mol. The van der Waals surface area contributed by atoms with E-state index in [9.17, 15) is 0 Å². The lowest BCUT2D eigenvalue weighted by Crippen LogP contribution is -1.98. The van der Waals surface area contributed by atoms with E-state index in [0.29, 0.717) is 17.6 Å². The van der Waals surface area contributed by atoms with Crippen LogP contribution in [0.3, 0.4) is 0 Å². The molecule has 0 radical (unpaired) electrons. The Hall–Kier alpha value is -2.59. The number of ether oxygens (including phenoxy) is 2. The summed E-state index contributed by atoms with van der Waals surface area (Å²) in [4.78, 5) is 7.95. The van der Waals surface area contributed by atoms with Gasteiger partial charge in [0.1, 0.15) is 18.1 Å². The minimum absolute atomic E-state index is 0.304. The van der Waals surface area contributed by atoms with Crippen LogP contribution in [0, 0.1) is 0 Å². The molecule has 3 aromatic rings. The van der Waals surface area contributed by atoms with Crippen molar-refractivity contribution in [3.63, 3.8) is 0 Å². The normalized spacial score (nSPS) is 10.2. The molecule has 0 saturated carbocycles. The van der Waals surface area contributed by atoms with Crippen molar-refractivity contribution in [2.45, 2.75) is 6.61 Å². The summed E-state index contributed by atoms with van der Waals surface area (Å²) in [6, 6.07) is 17.3. The van der Waals surface area contributed by atoms with Crippen LogP contribution in [0.25, 0.3) is 0 Å². The van der Waals surface area contributed by atoms with Crippen molar-refractivity contribution < 1.29 is 9.47 Å². The van der Waals surface area contributed by atoms with Gasteiger partial charge in [-0.3, -0.25) is 4.98 Å². The number of halogens is 1. The molecule has 0 unspecified atom stereocenters. The highest BCUT2D eigenvalue weighted by atomic mass is 35.5. The second-order valence-electron chi connectivity index (χ2n) is 4.53. The van der Waals surface area contributed by atoms with Gasteiger partial charge in [-0.2, -0.15) is 4.98 Å². The Labute approximate surface area is 133 Å². The van der Waals surface area contributed by atoms with Crippen LogP contribution in [0.2, 0.25) is 5.15 Å². The van der Waals surface area contributed by atoms with E-state index in [0.717, 1.165) is 17.1 Å². The van der Waals surface area contributed by atoms with Crippen molar-refractivity contribution >= 4 is 11.6 Å². The molecule has 4 nitrogen and oxygen atoms in total. The maximum atomic E-state index is 5.79. The Bertz CT molecular complexity index is 750. The number of para-hydroxylation sites is 1. The zero-order valence-corrected chi connectivity index (χ0v) is 12.4. The second-order valence-corrected chi connectivity index (χ2v) is 4.92. The highest BCUT2D eigenvalue weighted by Gasteiger charge is 2.02. The third-order valence-electron chi connectivity index (χ3n) is 2.85. The van der Waals surface area contributed by atoms with E-state index in [1.165, 1.54) is 12.4 Å². The van der Waals surface area contributed by atoms with Crippen LogP contribution < -0.4 is 9.47 Å². The van der Waals surface area contributed by atoms with E-state index in [1.807, 2.05) is 54.6 Å². The van der Waals surface area contributed by atoms with E-state index < -0.39 is 0 Å². The smallest absolute Gasteiger partial charge is 0.234 e. The van der Waals surface area contributed by atoms with Crippen molar-refractivity contribution in [2.24, 2.45) is 0 Å². The Morgan fingerprint density at radius 3 is 2.55 bits per heavy atom. The quantitative estimate of drug-likeness (QED) is 0.695. The Kier molecular flexibility index (Phi) is 4.51. The number of benzene rings is 2. The molecule has 5 heteroatoms. The van der Waals surface area contributed by atoms with E-state index >= 15 is 0 Å². The number of hydrogen-bond donors (Lipinski definition) is 0. The Morgan fingerprint density at radius 2 is 1.73 bits per heavy atom. The van der Waals surface area contributed by atoms with Crippen molar-refractivity contribution in [3.8, 4) is 17.4 Å². The van der Waals surface area contributed by atoms with Crippen LogP contribution in [0.1, 0.15) is 5.56 Å². The van der Waals surface area contributed by atoms with Crippen LogP contribution in [0.5, 0.6) is 17.4 Å². The summed E-state index contributed by atoms with van der Waals surface area (Å²) >= 11 is 5.77. The SMILES string of the molecule is Clc1cncc(OCc2cccc(Oc3ccccc3)c2)n1. The third kappa shape index (κ3) is 3.96.